The minimum atomic E-state index is -0.799. The molecule has 0 spiro atoms. The lowest BCUT2D eigenvalue weighted by molar-refractivity contribution is -0.119. The van der Waals surface area contributed by atoms with E-state index in [1.807, 2.05) is 0 Å². The van der Waals surface area contributed by atoms with Crippen molar-refractivity contribution in [3.63, 3.8) is 0 Å². The summed E-state index contributed by atoms with van der Waals surface area (Å²) in [6, 6.07) is 3.28. The Morgan fingerprint density at radius 2 is 2.12 bits per heavy atom. The number of aromatic hydroxyl groups is 1. The van der Waals surface area contributed by atoms with E-state index < -0.39 is 11.3 Å². The second kappa shape index (κ2) is 3.48. The van der Waals surface area contributed by atoms with Crippen LogP contribution in [0.1, 0.15) is 25.0 Å². The lowest BCUT2D eigenvalue weighted by Crippen LogP contribution is -2.27. The van der Waals surface area contributed by atoms with Gasteiger partial charge in [0.05, 0.1) is 11.8 Å². The van der Waals surface area contributed by atoms with Gasteiger partial charge in [-0.1, -0.05) is 6.07 Å². The average molecular weight is 234 g/mol. The molecule has 1 aromatic rings. The van der Waals surface area contributed by atoms with Crippen LogP contribution in [0.4, 0.5) is 5.69 Å². The first-order chi connectivity index (χ1) is 7.84. The molecule has 2 rings (SSSR count). The summed E-state index contributed by atoms with van der Waals surface area (Å²) in [7, 11) is 0. The van der Waals surface area contributed by atoms with Gasteiger partial charge in [0.1, 0.15) is 5.75 Å². The van der Waals surface area contributed by atoms with Crippen LogP contribution in [-0.2, 0) is 21.4 Å². The van der Waals surface area contributed by atoms with Gasteiger partial charge in [-0.15, -0.1) is 0 Å². The van der Waals surface area contributed by atoms with Crippen molar-refractivity contribution in [2.45, 2.75) is 25.7 Å². The Bertz CT molecular complexity index is 521. The number of primary amides is 1. The fourth-order valence-corrected chi connectivity index (χ4v) is 2.09. The van der Waals surface area contributed by atoms with Crippen molar-refractivity contribution in [3.8, 4) is 5.75 Å². The Morgan fingerprint density at radius 1 is 1.47 bits per heavy atom. The van der Waals surface area contributed by atoms with E-state index in [1.165, 1.54) is 0 Å². The van der Waals surface area contributed by atoms with E-state index in [4.69, 9.17) is 5.73 Å². The molecule has 5 heteroatoms. The standard InChI is InChI=1S/C12H14N2O3/c1-12(2)9-7(14-11(12)17)4-3-6(10(9)16)5-8(13)15/h3-4,16H,5H2,1-2H3,(H2,13,15)(H,14,17). The van der Waals surface area contributed by atoms with Crippen molar-refractivity contribution in [3.05, 3.63) is 23.3 Å². The largest absolute Gasteiger partial charge is 0.507 e. The summed E-state index contributed by atoms with van der Waals surface area (Å²) in [4.78, 5) is 22.6. The predicted molar refractivity (Wildman–Crippen MR) is 62.7 cm³/mol. The second-order valence-electron chi connectivity index (χ2n) is 4.72. The number of hydrogen-bond donors (Lipinski definition) is 3. The molecule has 5 nitrogen and oxygen atoms in total. The van der Waals surface area contributed by atoms with Gasteiger partial charge < -0.3 is 16.2 Å². The number of carbonyl (C=O) groups excluding carboxylic acids is 2. The smallest absolute Gasteiger partial charge is 0.234 e. The maximum Gasteiger partial charge on any atom is 0.234 e. The average Bonchev–Trinajstić information content (AvgIpc) is 2.43. The molecule has 0 bridgehead atoms. The topological polar surface area (TPSA) is 92.4 Å². The molecule has 0 atom stereocenters. The summed E-state index contributed by atoms with van der Waals surface area (Å²) in [6.45, 7) is 3.45. The molecule has 1 heterocycles. The Morgan fingerprint density at radius 3 is 2.71 bits per heavy atom. The number of benzene rings is 1. The van der Waals surface area contributed by atoms with Gasteiger partial charge in [0, 0.05) is 16.8 Å². The number of carbonyl (C=O) groups is 2. The Hall–Kier alpha value is -2.04. The molecular weight excluding hydrogens is 220 g/mol. The van der Waals surface area contributed by atoms with E-state index in [2.05, 4.69) is 5.32 Å². The van der Waals surface area contributed by atoms with Gasteiger partial charge in [-0.2, -0.15) is 0 Å². The number of fused-ring (bicyclic) bond motifs is 1. The second-order valence-corrected chi connectivity index (χ2v) is 4.72. The normalized spacial score (nSPS) is 16.5. The number of anilines is 1. The Balaban J connectivity index is 2.57. The van der Waals surface area contributed by atoms with E-state index in [1.54, 1.807) is 26.0 Å². The monoisotopic (exact) mass is 234 g/mol. The molecule has 0 saturated carbocycles. The van der Waals surface area contributed by atoms with Crippen LogP contribution in [0.2, 0.25) is 0 Å². The van der Waals surface area contributed by atoms with Crippen LogP contribution < -0.4 is 11.1 Å². The van der Waals surface area contributed by atoms with E-state index in [0.29, 0.717) is 16.8 Å². The minimum Gasteiger partial charge on any atom is -0.507 e. The number of phenolic OH excluding ortho intramolecular Hbond substituents is 1. The van der Waals surface area contributed by atoms with Crippen molar-refractivity contribution in [2.24, 2.45) is 5.73 Å². The summed E-state index contributed by atoms with van der Waals surface area (Å²) >= 11 is 0. The van der Waals surface area contributed by atoms with Crippen LogP contribution in [0, 0.1) is 0 Å². The predicted octanol–water partition coefficient (Wildman–Crippen LogP) is 0.650. The molecule has 1 aliphatic rings. The molecule has 0 fully saturated rings. The highest BCUT2D eigenvalue weighted by Crippen LogP contribution is 2.44. The van der Waals surface area contributed by atoms with Crippen molar-refractivity contribution in [1.29, 1.82) is 0 Å². The summed E-state index contributed by atoms with van der Waals surface area (Å²) in [5.41, 5.74) is 5.87. The van der Waals surface area contributed by atoms with Crippen molar-refractivity contribution in [1.82, 2.24) is 0 Å². The van der Waals surface area contributed by atoms with Crippen molar-refractivity contribution >= 4 is 17.5 Å². The van der Waals surface area contributed by atoms with Crippen LogP contribution >= 0.6 is 0 Å². The van der Waals surface area contributed by atoms with E-state index in [9.17, 15) is 14.7 Å². The zero-order valence-corrected chi connectivity index (χ0v) is 9.70. The fraction of sp³-hybridized carbons (Fsp3) is 0.333. The summed E-state index contributed by atoms with van der Waals surface area (Å²) in [5, 5.41) is 12.8. The highest BCUT2D eigenvalue weighted by molar-refractivity contribution is 6.06. The maximum atomic E-state index is 11.7. The van der Waals surface area contributed by atoms with Crippen molar-refractivity contribution < 1.29 is 14.7 Å². The summed E-state index contributed by atoms with van der Waals surface area (Å²) in [5.74, 6) is -0.709. The molecule has 0 unspecified atom stereocenters. The number of nitrogens with one attached hydrogen (secondary N) is 1. The van der Waals surface area contributed by atoms with Crippen LogP contribution in [0.15, 0.2) is 12.1 Å². The third-order valence-corrected chi connectivity index (χ3v) is 3.07. The van der Waals surface area contributed by atoms with Gasteiger partial charge in [-0.25, -0.2) is 0 Å². The van der Waals surface area contributed by atoms with Gasteiger partial charge in [0.2, 0.25) is 11.8 Å². The summed E-state index contributed by atoms with van der Waals surface area (Å²) in [6.07, 6.45) is -0.0383. The molecule has 4 N–H and O–H groups in total. The first-order valence-electron chi connectivity index (χ1n) is 5.29. The maximum absolute atomic E-state index is 11.7. The first-order valence-corrected chi connectivity index (χ1v) is 5.29. The Labute approximate surface area is 98.6 Å². The fourth-order valence-electron chi connectivity index (χ4n) is 2.09. The zero-order chi connectivity index (χ0) is 12.8. The third-order valence-electron chi connectivity index (χ3n) is 3.07. The summed E-state index contributed by atoms with van der Waals surface area (Å²) < 4.78 is 0. The van der Waals surface area contributed by atoms with Gasteiger partial charge >= 0.3 is 0 Å². The molecule has 90 valence electrons. The molecule has 2 amide bonds. The van der Waals surface area contributed by atoms with Crippen LogP contribution in [-0.4, -0.2) is 16.9 Å². The van der Waals surface area contributed by atoms with E-state index in [0.717, 1.165) is 0 Å². The number of phenols is 1. The van der Waals surface area contributed by atoms with Gasteiger partial charge in [0.15, 0.2) is 0 Å². The van der Waals surface area contributed by atoms with Gasteiger partial charge in [-0.3, -0.25) is 9.59 Å². The van der Waals surface area contributed by atoms with Gasteiger partial charge in [0.25, 0.3) is 0 Å². The SMILES string of the molecule is CC1(C)C(=O)Nc2ccc(CC(N)=O)c(O)c21. The molecule has 17 heavy (non-hydrogen) atoms. The third kappa shape index (κ3) is 1.63. The number of rotatable bonds is 2. The van der Waals surface area contributed by atoms with Crippen molar-refractivity contribution in [2.75, 3.05) is 5.32 Å². The lowest BCUT2D eigenvalue weighted by Gasteiger charge is -2.17. The van der Waals surface area contributed by atoms with E-state index >= 15 is 0 Å². The molecule has 1 aromatic carbocycles. The molecule has 1 aliphatic heterocycles. The van der Waals surface area contributed by atoms with Gasteiger partial charge in [-0.05, 0) is 19.9 Å². The number of hydrogen-bond acceptors (Lipinski definition) is 3. The highest BCUT2D eigenvalue weighted by Gasteiger charge is 2.41. The van der Waals surface area contributed by atoms with Crippen LogP contribution in [0.3, 0.4) is 0 Å². The minimum absolute atomic E-state index is 0.0235. The lowest BCUT2D eigenvalue weighted by atomic mass is 9.84. The molecular formula is C12H14N2O3. The van der Waals surface area contributed by atoms with Crippen LogP contribution in [0.25, 0.3) is 0 Å². The molecule has 0 aromatic heterocycles. The quantitative estimate of drug-likeness (QED) is 0.701. The Kier molecular flexibility index (Phi) is 2.34. The molecule has 0 radical (unpaired) electrons. The number of nitrogens with two attached hydrogens (primary N) is 1. The highest BCUT2D eigenvalue weighted by atomic mass is 16.3. The van der Waals surface area contributed by atoms with Crippen LogP contribution in [0.5, 0.6) is 5.75 Å². The zero-order valence-electron chi connectivity index (χ0n) is 9.70. The van der Waals surface area contributed by atoms with E-state index in [-0.39, 0.29) is 18.1 Å². The molecule has 0 saturated heterocycles. The molecule has 0 aliphatic carbocycles. The first kappa shape index (κ1) is 11.4. The number of amides is 2.